The molecular weight excluding hydrogens is 440 g/mol. The number of hydrogen-bond donors (Lipinski definition) is 0. The van der Waals surface area contributed by atoms with Gasteiger partial charge in [-0.25, -0.2) is 4.98 Å². The van der Waals surface area contributed by atoms with Gasteiger partial charge in [0.05, 0.1) is 31.0 Å². The standard InChI is InChI=1S/C29H42N2O4/c1-3-4-17-35-28-22(2)27(30-26-13-9-8-12-25(26)28)21-34-20-16-31(24-10-6-5-7-11-24)29(32)23-14-18-33-19-15-23/h8-9,12-13,23-24H,3-7,10-11,14-21H2,1-2H3. The summed E-state index contributed by atoms with van der Waals surface area (Å²) < 4.78 is 17.8. The fourth-order valence-electron chi connectivity index (χ4n) is 5.35. The van der Waals surface area contributed by atoms with Crippen LogP contribution in [0.2, 0.25) is 0 Å². The number of pyridine rings is 1. The second-order valence-electron chi connectivity index (χ2n) is 9.99. The summed E-state index contributed by atoms with van der Waals surface area (Å²) in [5.74, 6) is 1.31. The quantitative estimate of drug-likeness (QED) is 0.377. The molecule has 0 N–H and O–H groups in total. The Hall–Kier alpha value is -2.18. The highest BCUT2D eigenvalue weighted by Gasteiger charge is 2.31. The average molecular weight is 483 g/mol. The van der Waals surface area contributed by atoms with Gasteiger partial charge in [0.2, 0.25) is 5.91 Å². The van der Waals surface area contributed by atoms with E-state index in [4.69, 9.17) is 19.2 Å². The van der Waals surface area contributed by atoms with E-state index in [9.17, 15) is 4.79 Å². The number of para-hydroxylation sites is 1. The zero-order valence-corrected chi connectivity index (χ0v) is 21.6. The van der Waals surface area contributed by atoms with Crippen LogP contribution < -0.4 is 4.74 Å². The summed E-state index contributed by atoms with van der Waals surface area (Å²) in [5, 5.41) is 1.05. The third-order valence-corrected chi connectivity index (χ3v) is 7.51. The highest BCUT2D eigenvalue weighted by Crippen LogP contribution is 2.31. The van der Waals surface area contributed by atoms with Gasteiger partial charge in [0.15, 0.2) is 0 Å². The molecule has 4 rings (SSSR count). The molecule has 2 aliphatic rings. The van der Waals surface area contributed by atoms with Crippen molar-refractivity contribution in [3.8, 4) is 5.75 Å². The Labute approximate surface area is 210 Å². The van der Waals surface area contributed by atoms with Crippen LogP contribution in [-0.4, -0.2) is 54.8 Å². The summed E-state index contributed by atoms with van der Waals surface area (Å²) >= 11 is 0. The van der Waals surface area contributed by atoms with E-state index in [0.717, 1.165) is 66.4 Å². The number of carbonyl (C=O) groups excluding carboxylic acids is 1. The minimum atomic E-state index is 0.0953. The molecule has 2 aromatic rings. The van der Waals surface area contributed by atoms with E-state index in [1.165, 1.54) is 19.3 Å². The molecule has 1 aliphatic heterocycles. The van der Waals surface area contributed by atoms with Crippen LogP contribution in [0.1, 0.15) is 76.0 Å². The summed E-state index contributed by atoms with van der Waals surface area (Å²) in [6.45, 7) is 7.92. The van der Waals surface area contributed by atoms with Crippen molar-refractivity contribution in [1.29, 1.82) is 0 Å². The molecule has 1 aliphatic carbocycles. The largest absolute Gasteiger partial charge is 0.493 e. The molecule has 1 aromatic carbocycles. The van der Waals surface area contributed by atoms with E-state index in [1.54, 1.807) is 0 Å². The normalized spacial score (nSPS) is 17.5. The van der Waals surface area contributed by atoms with Crippen molar-refractivity contribution < 1.29 is 19.0 Å². The maximum atomic E-state index is 13.4. The summed E-state index contributed by atoms with van der Waals surface area (Å²) in [4.78, 5) is 20.4. The first kappa shape index (κ1) is 25.9. The lowest BCUT2D eigenvalue weighted by atomic mass is 9.91. The molecule has 1 aromatic heterocycles. The maximum Gasteiger partial charge on any atom is 0.226 e. The van der Waals surface area contributed by atoms with Gasteiger partial charge >= 0.3 is 0 Å². The van der Waals surface area contributed by atoms with Crippen LogP contribution in [0.5, 0.6) is 5.75 Å². The lowest BCUT2D eigenvalue weighted by molar-refractivity contribution is -0.142. The maximum absolute atomic E-state index is 13.4. The first-order chi connectivity index (χ1) is 17.2. The number of rotatable bonds is 11. The Morgan fingerprint density at radius 1 is 1.09 bits per heavy atom. The van der Waals surface area contributed by atoms with Crippen LogP contribution in [0.25, 0.3) is 10.9 Å². The molecule has 0 unspecified atom stereocenters. The SMILES string of the molecule is CCCCOc1c(C)c(COCCN(C(=O)C2CCOCC2)C2CCCCC2)nc2ccccc12. The number of carbonyl (C=O) groups is 1. The molecule has 1 amide bonds. The lowest BCUT2D eigenvalue weighted by Crippen LogP contribution is -2.47. The molecule has 0 bridgehead atoms. The van der Waals surface area contributed by atoms with Crippen molar-refractivity contribution in [2.45, 2.75) is 84.3 Å². The molecule has 192 valence electrons. The number of amides is 1. The zero-order valence-electron chi connectivity index (χ0n) is 21.6. The van der Waals surface area contributed by atoms with Crippen molar-refractivity contribution in [2.24, 2.45) is 5.92 Å². The van der Waals surface area contributed by atoms with Crippen LogP contribution in [0, 0.1) is 12.8 Å². The summed E-state index contributed by atoms with van der Waals surface area (Å²) in [5.41, 5.74) is 2.89. The molecule has 1 saturated carbocycles. The predicted molar refractivity (Wildman–Crippen MR) is 139 cm³/mol. The number of nitrogens with zero attached hydrogens (tertiary/aromatic N) is 2. The van der Waals surface area contributed by atoms with Crippen LogP contribution in [-0.2, 0) is 20.9 Å². The summed E-state index contributed by atoms with van der Waals surface area (Å²) in [6.07, 6.45) is 9.73. The third kappa shape index (κ3) is 6.73. The second kappa shape index (κ2) is 13.2. The Balaban J connectivity index is 1.41. The van der Waals surface area contributed by atoms with E-state index >= 15 is 0 Å². The number of aromatic nitrogens is 1. The van der Waals surface area contributed by atoms with Gasteiger partial charge in [0, 0.05) is 42.7 Å². The topological polar surface area (TPSA) is 60.9 Å². The Morgan fingerprint density at radius 3 is 2.63 bits per heavy atom. The average Bonchev–Trinajstić information content (AvgIpc) is 2.91. The number of fused-ring (bicyclic) bond motifs is 1. The highest BCUT2D eigenvalue weighted by molar-refractivity contribution is 5.86. The Bertz CT molecular complexity index is 951. The van der Waals surface area contributed by atoms with Crippen molar-refractivity contribution >= 4 is 16.8 Å². The monoisotopic (exact) mass is 482 g/mol. The third-order valence-electron chi connectivity index (χ3n) is 7.51. The van der Waals surface area contributed by atoms with Gasteiger partial charge in [-0.3, -0.25) is 4.79 Å². The second-order valence-corrected chi connectivity index (χ2v) is 9.99. The molecule has 0 atom stereocenters. The minimum Gasteiger partial charge on any atom is -0.493 e. The van der Waals surface area contributed by atoms with Crippen molar-refractivity contribution in [3.05, 3.63) is 35.5 Å². The van der Waals surface area contributed by atoms with E-state index in [-0.39, 0.29) is 5.92 Å². The van der Waals surface area contributed by atoms with Crippen molar-refractivity contribution in [1.82, 2.24) is 9.88 Å². The van der Waals surface area contributed by atoms with E-state index in [0.29, 0.717) is 51.5 Å². The molecule has 6 nitrogen and oxygen atoms in total. The fourth-order valence-corrected chi connectivity index (χ4v) is 5.35. The Kier molecular flexibility index (Phi) is 9.78. The molecule has 35 heavy (non-hydrogen) atoms. The van der Waals surface area contributed by atoms with Crippen LogP contribution >= 0.6 is 0 Å². The van der Waals surface area contributed by atoms with Gasteiger partial charge in [0.25, 0.3) is 0 Å². The van der Waals surface area contributed by atoms with Gasteiger partial charge in [0.1, 0.15) is 5.75 Å². The Morgan fingerprint density at radius 2 is 1.86 bits per heavy atom. The predicted octanol–water partition coefficient (Wildman–Crippen LogP) is 5.83. The highest BCUT2D eigenvalue weighted by atomic mass is 16.5. The molecule has 2 heterocycles. The summed E-state index contributed by atoms with van der Waals surface area (Å²) in [6, 6.07) is 8.49. The van der Waals surface area contributed by atoms with Gasteiger partial charge in [-0.1, -0.05) is 44.7 Å². The van der Waals surface area contributed by atoms with Crippen LogP contribution in [0.3, 0.4) is 0 Å². The lowest BCUT2D eigenvalue weighted by Gasteiger charge is -2.37. The van der Waals surface area contributed by atoms with Gasteiger partial charge in [-0.15, -0.1) is 0 Å². The molecule has 2 fully saturated rings. The van der Waals surface area contributed by atoms with Crippen LogP contribution in [0.4, 0.5) is 0 Å². The van der Waals surface area contributed by atoms with E-state index < -0.39 is 0 Å². The van der Waals surface area contributed by atoms with E-state index in [1.807, 2.05) is 18.2 Å². The molecule has 1 saturated heterocycles. The van der Waals surface area contributed by atoms with Crippen molar-refractivity contribution in [3.63, 3.8) is 0 Å². The first-order valence-corrected chi connectivity index (χ1v) is 13.7. The number of unbranched alkanes of at least 4 members (excludes halogenated alkanes) is 1. The molecule has 6 heteroatoms. The van der Waals surface area contributed by atoms with Gasteiger partial charge < -0.3 is 19.1 Å². The summed E-state index contributed by atoms with van der Waals surface area (Å²) in [7, 11) is 0. The molecule has 0 radical (unpaired) electrons. The van der Waals surface area contributed by atoms with E-state index in [2.05, 4.69) is 24.8 Å². The van der Waals surface area contributed by atoms with Gasteiger partial charge in [-0.2, -0.15) is 0 Å². The fraction of sp³-hybridized carbons (Fsp3) is 0.655. The first-order valence-electron chi connectivity index (χ1n) is 13.7. The van der Waals surface area contributed by atoms with Crippen molar-refractivity contribution in [2.75, 3.05) is 33.0 Å². The molecule has 0 spiro atoms. The minimum absolute atomic E-state index is 0.0953. The smallest absolute Gasteiger partial charge is 0.226 e. The number of benzene rings is 1. The number of hydrogen-bond acceptors (Lipinski definition) is 5. The van der Waals surface area contributed by atoms with Gasteiger partial charge in [-0.05, 0) is 51.2 Å². The number of ether oxygens (including phenoxy) is 3. The molecular formula is C29H42N2O4. The van der Waals surface area contributed by atoms with Crippen LogP contribution in [0.15, 0.2) is 24.3 Å². The zero-order chi connectivity index (χ0) is 24.5.